The van der Waals surface area contributed by atoms with Crippen LogP contribution in [0.25, 0.3) is 0 Å². The number of hydrogen-bond acceptors (Lipinski definition) is 3. The lowest BCUT2D eigenvalue weighted by Crippen LogP contribution is -2.35. The van der Waals surface area contributed by atoms with E-state index in [9.17, 15) is 4.79 Å². The van der Waals surface area contributed by atoms with Gasteiger partial charge in [-0.1, -0.05) is 13.3 Å². The molecular formula is C12H24N2O2. The molecule has 0 aromatic carbocycles. The number of aliphatic hydroxyl groups is 1. The van der Waals surface area contributed by atoms with Crippen LogP contribution in [-0.4, -0.2) is 30.2 Å². The Bertz CT molecular complexity index is 227. The van der Waals surface area contributed by atoms with Crippen molar-refractivity contribution in [3.63, 3.8) is 0 Å². The minimum absolute atomic E-state index is 0.0157. The summed E-state index contributed by atoms with van der Waals surface area (Å²) in [6.07, 6.45) is 5.37. The van der Waals surface area contributed by atoms with Crippen LogP contribution in [0.1, 0.15) is 45.4 Å². The highest BCUT2D eigenvalue weighted by Gasteiger charge is 2.41. The molecule has 0 heterocycles. The van der Waals surface area contributed by atoms with Crippen molar-refractivity contribution in [1.29, 1.82) is 0 Å². The molecule has 1 saturated carbocycles. The van der Waals surface area contributed by atoms with Crippen LogP contribution in [0.2, 0.25) is 0 Å². The number of carbonyl (C=O) groups is 1. The summed E-state index contributed by atoms with van der Waals surface area (Å²) >= 11 is 0. The van der Waals surface area contributed by atoms with Crippen LogP contribution in [0, 0.1) is 5.41 Å². The van der Waals surface area contributed by atoms with Gasteiger partial charge in [-0.05, 0) is 31.1 Å². The van der Waals surface area contributed by atoms with E-state index < -0.39 is 0 Å². The van der Waals surface area contributed by atoms with Gasteiger partial charge in [-0.2, -0.15) is 0 Å². The summed E-state index contributed by atoms with van der Waals surface area (Å²) in [6, 6.07) is -0.0157. The van der Waals surface area contributed by atoms with Gasteiger partial charge in [0.25, 0.3) is 0 Å². The summed E-state index contributed by atoms with van der Waals surface area (Å²) in [7, 11) is 0. The lowest BCUT2D eigenvalue weighted by Gasteiger charge is -2.16. The molecule has 16 heavy (non-hydrogen) atoms. The third kappa shape index (κ3) is 4.49. The fourth-order valence-electron chi connectivity index (χ4n) is 2.00. The molecule has 0 bridgehead atoms. The average Bonchev–Trinajstić information content (AvgIpc) is 2.97. The number of hydrogen-bond donors (Lipinski definition) is 3. The van der Waals surface area contributed by atoms with Gasteiger partial charge in [0.1, 0.15) is 0 Å². The Labute approximate surface area is 97.6 Å². The fourth-order valence-corrected chi connectivity index (χ4v) is 2.00. The smallest absolute Gasteiger partial charge is 0.221 e. The number of nitrogens with two attached hydrogens (primary N) is 1. The van der Waals surface area contributed by atoms with E-state index in [2.05, 4.69) is 12.2 Å². The Kier molecular flexibility index (Phi) is 5.22. The van der Waals surface area contributed by atoms with Crippen LogP contribution >= 0.6 is 0 Å². The highest BCUT2D eigenvalue weighted by atomic mass is 16.3. The zero-order chi connectivity index (χ0) is 12.0. The minimum Gasteiger partial charge on any atom is -0.396 e. The van der Waals surface area contributed by atoms with Crippen LogP contribution in [0.5, 0.6) is 0 Å². The van der Waals surface area contributed by atoms with Crippen molar-refractivity contribution in [2.75, 3.05) is 13.2 Å². The van der Waals surface area contributed by atoms with E-state index in [1.807, 2.05) is 0 Å². The van der Waals surface area contributed by atoms with Crippen molar-refractivity contribution in [2.45, 2.75) is 51.5 Å². The Hall–Kier alpha value is -0.610. The molecule has 4 N–H and O–H groups in total. The molecule has 0 aliphatic heterocycles. The lowest BCUT2D eigenvalue weighted by molar-refractivity contribution is -0.121. The third-order valence-electron chi connectivity index (χ3n) is 3.37. The Morgan fingerprint density at radius 2 is 2.25 bits per heavy atom. The fraction of sp³-hybridized carbons (Fsp3) is 0.917. The highest BCUT2D eigenvalue weighted by molar-refractivity contribution is 5.76. The van der Waals surface area contributed by atoms with Crippen molar-refractivity contribution in [3.8, 4) is 0 Å². The van der Waals surface area contributed by atoms with E-state index in [4.69, 9.17) is 10.8 Å². The third-order valence-corrected chi connectivity index (χ3v) is 3.37. The zero-order valence-corrected chi connectivity index (χ0v) is 10.2. The van der Waals surface area contributed by atoms with Crippen LogP contribution in [0.4, 0.5) is 0 Å². The molecule has 1 fully saturated rings. The molecule has 4 heteroatoms. The average molecular weight is 228 g/mol. The standard InChI is InChI=1S/C12H24N2O2/c1-2-3-10(13)8-11(16)14-9-12(4-5-12)6-7-15/h10,15H,2-9,13H2,1H3,(H,14,16). The van der Waals surface area contributed by atoms with Gasteiger partial charge in [-0.15, -0.1) is 0 Å². The van der Waals surface area contributed by atoms with Crippen molar-refractivity contribution < 1.29 is 9.90 Å². The maximum Gasteiger partial charge on any atom is 0.221 e. The number of amides is 1. The number of aliphatic hydroxyl groups excluding tert-OH is 1. The Balaban J connectivity index is 2.15. The highest BCUT2D eigenvalue weighted by Crippen LogP contribution is 2.47. The SMILES string of the molecule is CCCC(N)CC(=O)NCC1(CCO)CC1. The Morgan fingerprint density at radius 1 is 1.56 bits per heavy atom. The molecule has 1 rings (SSSR count). The summed E-state index contributed by atoms with van der Waals surface area (Å²) in [5.74, 6) is 0.0464. The number of rotatable bonds is 8. The van der Waals surface area contributed by atoms with Gasteiger partial charge >= 0.3 is 0 Å². The second-order valence-electron chi connectivity index (χ2n) is 5.00. The number of carbonyl (C=O) groups excluding carboxylic acids is 1. The monoisotopic (exact) mass is 228 g/mol. The minimum atomic E-state index is -0.0157. The first-order chi connectivity index (χ1) is 7.62. The second-order valence-corrected chi connectivity index (χ2v) is 5.00. The first-order valence-corrected chi connectivity index (χ1v) is 6.25. The summed E-state index contributed by atoms with van der Waals surface area (Å²) in [5, 5.41) is 11.8. The zero-order valence-electron chi connectivity index (χ0n) is 10.2. The number of nitrogens with one attached hydrogen (secondary N) is 1. The van der Waals surface area contributed by atoms with Gasteiger partial charge in [0.05, 0.1) is 0 Å². The molecule has 4 nitrogen and oxygen atoms in total. The quantitative estimate of drug-likeness (QED) is 0.575. The van der Waals surface area contributed by atoms with Gasteiger partial charge in [0, 0.05) is 25.6 Å². The molecule has 0 saturated heterocycles. The summed E-state index contributed by atoms with van der Waals surface area (Å²) in [4.78, 5) is 11.6. The van der Waals surface area contributed by atoms with Gasteiger partial charge in [-0.25, -0.2) is 0 Å². The first-order valence-electron chi connectivity index (χ1n) is 6.25. The van der Waals surface area contributed by atoms with E-state index in [0.717, 1.165) is 32.1 Å². The largest absolute Gasteiger partial charge is 0.396 e. The van der Waals surface area contributed by atoms with E-state index in [-0.39, 0.29) is 24.0 Å². The van der Waals surface area contributed by atoms with Crippen molar-refractivity contribution in [3.05, 3.63) is 0 Å². The topological polar surface area (TPSA) is 75.4 Å². The molecule has 0 aromatic rings. The van der Waals surface area contributed by atoms with E-state index in [1.165, 1.54) is 0 Å². The molecule has 1 atom stereocenters. The van der Waals surface area contributed by atoms with Gasteiger partial charge in [0.2, 0.25) is 5.91 Å². The predicted molar refractivity (Wildman–Crippen MR) is 63.9 cm³/mol. The first kappa shape index (κ1) is 13.5. The van der Waals surface area contributed by atoms with Crippen molar-refractivity contribution >= 4 is 5.91 Å². The molecule has 0 spiro atoms. The summed E-state index contributed by atoms with van der Waals surface area (Å²) in [6.45, 7) is 2.98. The van der Waals surface area contributed by atoms with Crippen LogP contribution in [-0.2, 0) is 4.79 Å². The second kappa shape index (κ2) is 6.21. The maximum atomic E-state index is 11.6. The molecule has 0 radical (unpaired) electrons. The Morgan fingerprint density at radius 3 is 2.75 bits per heavy atom. The van der Waals surface area contributed by atoms with E-state index in [0.29, 0.717) is 13.0 Å². The predicted octanol–water partition coefficient (Wildman–Crippen LogP) is 0.783. The van der Waals surface area contributed by atoms with Gasteiger partial charge < -0.3 is 16.2 Å². The molecule has 94 valence electrons. The van der Waals surface area contributed by atoms with Crippen molar-refractivity contribution in [1.82, 2.24) is 5.32 Å². The van der Waals surface area contributed by atoms with E-state index >= 15 is 0 Å². The normalized spacial score (nSPS) is 19.2. The van der Waals surface area contributed by atoms with Gasteiger partial charge in [-0.3, -0.25) is 4.79 Å². The summed E-state index contributed by atoms with van der Waals surface area (Å²) in [5.41, 5.74) is 5.99. The molecule has 1 aliphatic carbocycles. The molecular weight excluding hydrogens is 204 g/mol. The summed E-state index contributed by atoms with van der Waals surface area (Å²) < 4.78 is 0. The molecule has 0 aromatic heterocycles. The van der Waals surface area contributed by atoms with Crippen LogP contribution in [0.3, 0.4) is 0 Å². The maximum absolute atomic E-state index is 11.6. The molecule has 1 aliphatic rings. The van der Waals surface area contributed by atoms with E-state index in [1.54, 1.807) is 0 Å². The van der Waals surface area contributed by atoms with Crippen LogP contribution in [0.15, 0.2) is 0 Å². The molecule has 1 unspecified atom stereocenters. The molecule has 1 amide bonds. The van der Waals surface area contributed by atoms with Crippen molar-refractivity contribution in [2.24, 2.45) is 11.1 Å². The van der Waals surface area contributed by atoms with Gasteiger partial charge in [0.15, 0.2) is 0 Å². The van der Waals surface area contributed by atoms with Crippen LogP contribution < -0.4 is 11.1 Å². The lowest BCUT2D eigenvalue weighted by atomic mass is 10.0.